The van der Waals surface area contributed by atoms with Gasteiger partial charge in [-0.25, -0.2) is 9.59 Å². The molecular weight excluding hydrogens is 348 g/mol. The van der Waals surface area contributed by atoms with E-state index >= 15 is 0 Å². The fourth-order valence-corrected chi connectivity index (χ4v) is 3.16. The highest BCUT2D eigenvalue weighted by Crippen LogP contribution is 2.49. The lowest BCUT2D eigenvalue weighted by atomic mass is 10.0. The second-order valence-corrected chi connectivity index (χ2v) is 5.45. The number of methoxy groups -OCH3 is 3. The van der Waals surface area contributed by atoms with Crippen molar-refractivity contribution in [3.63, 3.8) is 0 Å². The van der Waals surface area contributed by atoms with E-state index in [0.717, 1.165) is 0 Å². The van der Waals surface area contributed by atoms with Crippen LogP contribution in [0.25, 0.3) is 32.7 Å². The molecule has 0 atom stereocenters. The summed E-state index contributed by atoms with van der Waals surface area (Å²) in [5.74, 6) is -1.51. The van der Waals surface area contributed by atoms with Gasteiger partial charge < -0.3 is 33.3 Å². The van der Waals surface area contributed by atoms with E-state index in [9.17, 15) is 19.8 Å². The van der Waals surface area contributed by atoms with Gasteiger partial charge in [-0.05, 0) is 6.07 Å². The van der Waals surface area contributed by atoms with E-state index in [1.165, 1.54) is 27.4 Å². The first-order valence-electron chi connectivity index (χ1n) is 7.34. The van der Waals surface area contributed by atoms with Gasteiger partial charge in [0.15, 0.2) is 22.7 Å². The average Bonchev–Trinajstić information content (AvgIpc) is 2.63. The van der Waals surface area contributed by atoms with E-state index in [0.29, 0.717) is 0 Å². The molecule has 0 saturated carbocycles. The normalized spacial score (nSPS) is 11.5. The first kappa shape index (κ1) is 15.9. The summed E-state index contributed by atoms with van der Waals surface area (Å²) in [6, 6.07) is 1.38. The minimum absolute atomic E-state index is 0.0473. The Morgan fingerprint density at radius 3 is 2.00 bits per heavy atom. The summed E-state index contributed by atoms with van der Waals surface area (Å²) in [6.45, 7) is 0. The fourth-order valence-electron chi connectivity index (χ4n) is 3.16. The van der Waals surface area contributed by atoms with Crippen LogP contribution in [-0.4, -0.2) is 31.5 Å². The quantitative estimate of drug-likeness (QED) is 0.320. The molecule has 0 bridgehead atoms. The smallest absolute Gasteiger partial charge is 0.348 e. The summed E-state index contributed by atoms with van der Waals surface area (Å²) in [5.41, 5.74) is -1.98. The van der Waals surface area contributed by atoms with E-state index in [4.69, 9.17) is 23.0 Å². The van der Waals surface area contributed by atoms with E-state index in [2.05, 4.69) is 0 Å². The zero-order valence-corrected chi connectivity index (χ0v) is 13.8. The first-order valence-corrected chi connectivity index (χ1v) is 7.34. The number of ether oxygens (including phenoxy) is 3. The molecule has 9 nitrogen and oxygen atoms in total. The van der Waals surface area contributed by atoms with Crippen molar-refractivity contribution in [2.24, 2.45) is 0 Å². The average molecular weight is 360 g/mol. The third-order valence-electron chi connectivity index (χ3n) is 4.25. The van der Waals surface area contributed by atoms with Crippen molar-refractivity contribution in [2.45, 2.75) is 0 Å². The van der Waals surface area contributed by atoms with Crippen LogP contribution >= 0.6 is 0 Å². The molecule has 4 rings (SSSR count). The van der Waals surface area contributed by atoms with Crippen LogP contribution in [0.1, 0.15) is 0 Å². The van der Waals surface area contributed by atoms with Crippen LogP contribution < -0.4 is 25.5 Å². The van der Waals surface area contributed by atoms with E-state index in [1.54, 1.807) is 0 Å². The highest BCUT2D eigenvalue weighted by molar-refractivity contribution is 6.23. The summed E-state index contributed by atoms with van der Waals surface area (Å²) in [6.07, 6.45) is 0. The van der Waals surface area contributed by atoms with E-state index in [1.807, 2.05) is 0 Å². The Morgan fingerprint density at radius 2 is 1.38 bits per heavy atom. The predicted molar refractivity (Wildman–Crippen MR) is 90.2 cm³/mol. The molecule has 0 aliphatic rings. The van der Waals surface area contributed by atoms with Gasteiger partial charge >= 0.3 is 11.3 Å². The lowest BCUT2D eigenvalue weighted by Crippen LogP contribution is -2.09. The van der Waals surface area contributed by atoms with Crippen molar-refractivity contribution in [3.05, 3.63) is 26.9 Å². The second-order valence-electron chi connectivity index (χ2n) is 5.45. The number of rotatable bonds is 3. The molecule has 0 unspecified atom stereocenters. The number of hydrogen-bond donors (Lipinski definition) is 2. The Labute approximate surface area is 143 Å². The van der Waals surface area contributed by atoms with Crippen molar-refractivity contribution in [3.8, 4) is 28.7 Å². The maximum absolute atomic E-state index is 12.5. The molecule has 0 saturated heterocycles. The molecule has 2 aromatic heterocycles. The maximum atomic E-state index is 12.5. The largest absolute Gasteiger partial charge is 0.504 e. The van der Waals surface area contributed by atoms with Gasteiger partial charge in [0.2, 0.25) is 17.2 Å². The second kappa shape index (κ2) is 5.19. The van der Waals surface area contributed by atoms with Crippen LogP contribution in [0.3, 0.4) is 0 Å². The monoisotopic (exact) mass is 360 g/mol. The van der Waals surface area contributed by atoms with E-state index < -0.39 is 22.8 Å². The Kier molecular flexibility index (Phi) is 3.17. The fraction of sp³-hybridized carbons (Fsp3) is 0.176. The molecule has 2 heterocycles. The van der Waals surface area contributed by atoms with Crippen LogP contribution in [0.2, 0.25) is 0 Å². The maximum Gasteiger partial charge on any atom is 0.348 e. The number of aromatic hydroxyl groups is 2. The molecule has 0 spiro atoms. The van der Waals surface area contributed by atoms with Crippen molar-refractivity contribution in [2.75, 3.05) is 21.3 Å². The lowest BCUT2D eigenvalue weighted by Gasteiger charge is -2.15. The number of phenols is 2. The molecular formula is C17H12O9. The predicted octanol–water partition coefficient (Wildman–Crippen LogP) is 1.93. The summed E-state index contributed by atoms with van der Waals surface area (Å²) >= 11 is 0. The van der Waals surface area contributed by atoms with Crippen LogP contribution in [0.4, 0.5) is 0 Å². The molecule has 0 aliphatic carbocycles. The Hall–Kier alpha value is -3.62. The molecule has 9 heteroatoms. The van der Waals surface area contributed by atoms with Crippen LogP contribution in [0, 0.1) is 0 Å². The van der Waals surface area contributed by atoms with Gasteiger partial charge in [0.05, 0.1) is 32.1 Å². The van der Waals surface area contributed by atoms with Crippen molar-refractivity contribution >= 4 is 32.7 Å². The molecule has 0 radical (unpaired) electrons. The third-order valence-corrected chi connectivity index (χ3v) is 4.25. The SMILES string of the molecule is COc1cc2c(=O)oc3c(OC)c(O)c(O)c4c(=O)oc(c1OC)c2c34. The molecule has 134 valence electrons. The van der Waals surface area contributed by atoms with Crippen LogP contribution in [0.5, 0.6) is 28.7 Å². The van der Waals surface area contributed by atoms with Gasteiger partial charge in [0.25, 0.3) is 0 Å². The lowest BCUT2D eigenvalue weighted by molar-refractivity contribution is 0.348. The van der Waals surface area contributed by atoms with Gasteiger partial charge in [0, 0.05) is 5.39 Å². The number of benzene rings is 2. The summed E-state index contributed by atoms with van der Waals surface area (Å²) < 4.78 is 26.1. The van der Waals surface area contributed by atoms with Crippen molar-refractivity contribution in [1.29, 1.82) is 0 Å². The molecule has 2 aromatic carbocycles. The topological polar surface area (TPSA) is 129 Å². The van der Waals surface area contributed by atoms with Crippen LogP contribution in [0.15, 0.2) is 24.5 Å². The highest BCUT2D eigenvalue weighted by atomic mass is 16.5. The Bertz CT molecular complexity index is 1300. The zero-order chi connectivity index (χ0) is 18.7. The molecule has 2 N–H and O–H groups in total. The molecule has 0 fully saturated rings. The van der Waals surface area contributed by atoms with Crippen molar-refractivity contribution in [1.82, 2.24) is 0 Å². The summed E-state index contributed by atoms with van der Waals surface area (Å²) in [7, 11) is 3.93. The van der Waals surface area contributed by atoms with Crippen molar-refractivity contribution < 1.29 is 33.3 Å². The number of hydrogen-bond acceptors (Lipinski definition) is 9. The van der Waals surface area contributed by atoms with Crippen LogP contribution in [-0.2, 0) is 0 Å². The zero-order valence-electron chi connectivity index (χ0n) is 13.8. The minimum atomic E-state index is -0.959. The Balaban J connectivity index is 2.48. The molecule has 0 aliphatic heterocycles. The first-order chi connectivity index (χ1) is 12.4. The summed E-state index contributed by atoms with van der Waals surface area (Å²) in [4.78, 5) is 25.0. The van der Waals surface area contributed by atoms with Gasteiger partial charge in [-0.3, -0.25) is 0 Å². The third kappa shape index (κ3) is 1.74. The number of phenolic OH excluding ortho intramolecular Hbond substituents is 2. The van der Waals surface area contributed by atoms with Gasteiger partial charge in [-0.2, -0.15) is 0 Å². The minimum Gasteiger partial charge on any atom is -0.504 e. The molecule has 0 amide bonds. The van der Waals surface area contributed by atoms with Gasteiger partial charge in [0.1, 0.15) is 5.39 Å². The van der Waals surface area contributed by atoms with Gasteiger partial charge in [-0.15, -0.1) is 0 Å². The molecule has 26 heavy (non-hydrogen) atoms. The highest BCUT2D eigenvalue weighted by Gasteiger charge is 2.29. The standard InChI is InChI=1S/C17H12O9/c1-22-6-4-5-7-8-9(17(21)26-13(7)12(6)23-2)10(18)11(19)15(24-3)14(8)25-16(5)20/h4,18-19H,1-3H3. The summed E-state index contributed by atoms with van der Waals surface area (Å²) in [5, 5.41) is 20.3. The Morgan fingerprint density at radius 1 is 0.769 bits per heavy atom. The van der Waals surface area contributed by atoms with E-state index in [-0.39, 0.29) is 50.0 Å². The molecule has 4 aromatic rings. The van der Waals surface area contributed by atoms with Gasteiger partial charge in [-0.1, -0.05) is 0 Å².